The fourth-order valence-corrected chi connectivity index (χ4v) is 4.31. The van der Waals surface area contributed by atoms with E-state index in [9.17, 15) is 24.9 Å². The number of allylic oxidation sites excluding steroid dienone is 2. The van der Waals surface area contributed by atoms with Gasteiger partial charge in [-0.3, -0.25) is 4.79 Å². The van der Waals surface area contributed by atoms with Crippen molar-refractivity contribution in [2.45, 2.75) is 64.8 Å². The molecule has 2 amide bonds. The first kappa shape index (κ1) is 31.5. The number of hydrogen-bond donors (Lipinski definition) is 6. The predicted octanol–water partition coefficient (Wildman–Crippen LogP) is 4.29. The summed E-state index contributed by atoms with van der Waals surface area (Å²) in [5.74, 6) is -0.743. The van der Waals surface area contributed by atoms with Gasteiger partial charge in [-0.15, -0.1) is 6.58 Å². The van der Waals surface area contributed by atoms with Gasteiger partial charge in [0.15, 0.2) is 6.10 Å². The van der Waals surface area contributed by atoms with E-state index >= 15 is 0 Å². The number of primary amides is 1. The molecule has 3 unspecified atom stereocenters. The Labute approximate surface area is 229 Å². The van der Waals surface area contributed by atoms with Crippen molar-refractivity contribution in [3.05, 3.63) is 59.7 Å². The topological polar surface area (TPSA) is 163 Å². The number of benzene rings is 1. The molecule has 0 aromatic heterocycles. The summed E-state index contributed by atoms with van der Waals surface area (Å²) in [5, 5.41) is 38.2. The third kappa shape index (κ3) is 9.19. The number of methoxy groups -OCH3 is 1. The number of hydrogen-bond acceptors (Lipinski definition) is 8. The number of phenols is 2. The van der Waals surface area contributed by atoms with Crippen molar-refractivity contribution >= 4 is 23.4 Å². The summed E-state index contributed by atoms with van der Waals surface area (Å²) in [4.78, 5) is 24.5. The number of amides is 2. The van der Waals surface area contributed by atoms with Crippen molar-refractivity contribution in [3.63, 3.8) is 0 Å². The molecule has 0 saturated carbocycles. The van der Waals surface area contributed by atoms with E-state index in [1.54, 1.807) is 44.2 Å². The Morgan fingerprint density at radius 3 is 2.67 bits per heavy atom. The Morgan fingerprint density at radius 1 is 1.31 bits per heavy atom. The monoisotopic (exact) mass is 543 g/mol. The molecule has 1 aromatic carbocycles. The predicted molar refractivity (Wildman–Crippen MR) is 152 cm³/mol. The van der Waals surface area contributed by atoms with Crippen LogP contribution in [-0.2, 0) is 20.7 Å². The van der Waals surface area contributed by atoms with Crippen molar-refractivity contribution in [3.8, 4) is 11.5 Å². The van der Waals surface area contributed by atoms with Crippen molar-refractivity contribution in [1.82, 2.24) is 0 Å². The van der Waals surface area contributed by atoms with Gasteiger partial charge in [-0.1, -0.05) is 37.3 Å². The number of carbonyl (C=O) groups is 2. The summed E-state index contributed by atoms with van der Waals surface area (Å²) >= 11 is 0. The second-order valence-corrected chi connectivity index (χ2v) is 9.79. The maximum atomic E-state index is 12.9. The maximum absolute atomic E-state index is 12.9. The van der Waals surface area contributed by atoms with Crippen LogP contribution in [0.25, 0.3) is 0 Å². The van der Waals surface area contributed by atoms with Crippen LogP contribution in [0.5, 0.6) is 11.5 Å². The van der Waals surface area contributed by atoms with E-state index < -0.39 is 30.3 Å². The minimum absolute atomic E-state index is 0.0157. The Bertz CT molecular complexity index is 1130. The van der Waals surface area contributed by atoms with E-state index in [2.05, 4.69) is 17.2 Å². The van der Waals surface area contributed by atoms with Crippen LogP contribution >= 0.6 is 0 Å². The molecule has 1 aliphatic rings. The van der Waals surface area contributed by atoms with Crippen LogP contribution in [0, 0.1) is 5.92 Å². The molecule has 2 rings (SSSR count). The highest BCUT2D eigenvalue weighted by molar-refractivity contribution is 6.04. The van der Waals surface area contributed by atoms with Crippen LogP contribution in [0.4, 0.5) is 16.2 Å². The molecule has 7 N–H and O–H groups in total. The summed E-state index contributed by atoms with van der Waals surface area (Å²) in [6, 6.07) is 1.29. The molecule has 0 saturated heterocycles. The Hall–Kier alpha value is -3.76. The zero-order chi connectivity index (χ0) is 29.1. The number of phenolic OH excluding ortho intramolecular Hbond substituents is 2. The molecule has 1 aliphatic heterocycles. The average molecular weight is 544 g/mol. The molecular weight excluding hydrogens is 502 g/mol. The molecule has 214 valence electrons. The standard InChI is InChI=1S/C29H41N3O7/c1-6-14-31-25-21-15-17(2)10-12-20(33)13-11-18(3)27(39-29(30)37)24(38-5)9-7-8-19(4)28(36)32-22(26(21)35)16-23(25)34/h6-9,11,16-17,20,24,27,31,33-35H,1,10,12-15H2,2-5H3,(H2,30,37)(H,32,36)/b9-7-,18-11+,19-8+/t17-,20?,24?,27?/m0/s1. The van der Waals surface area contributed by atoms with Gasteiger partial charge in [-0.05, 0) is 51.0 Å². The van der Waals surface area contributed by atoms with Crippen LogP contribution in [0.2, 0.25) is 0 Å². The molecular formula is C29H41N3O7. The number of ether oxygens (including phenoxy) is 2. The molecule has 0 spiro atoms. The number of rotatable bonds is 5. The number of carbonyl (C=O) groups excluding carboxylic acids is 2. The lowest BCUT2D eigenvalue weighted by atomic mass is 9.92. The van der Waals surface area contributed by atoms with Gasteiger partial charge < -0.3 is 41.2 Å². The third-order valence-electron chi connectivity index (χ3n) is 6.58. The lowest BCUT2D eigenvalue weighted by Crippen LogP contribution is -2.34. The van der Waals surface area contributed by atoms with Gasteiger partial charge in [0.05, 0.1) is 17.5 Å². The second-order valence-electron chi connectivity index (χ2n) is 9.79. The summed E-state index contributed by atoms with van der Waals surface area (Å²) in [7, 11) is 1.45. The molecule has 10 nitrogen and oxygen atoms in total. The molecule has 39 heavy (non-hydrogen) atoms. The first-order valence-corrected chi connectivity index (χ1v) is 12.9. The lowest BCUT2D eigenvalue weighted by Gasteiger charge is -2.24. The SMILES string of the molecule is C=CCNc1c(O)cc2c(O)c1C[C@@H](C)CCC(O)C/C=C(\C)C(OC(N)=O)C(OC)/C=C\C=C(/C)C(=O)N2. The molecule has 0 aliphatic carbocycles. The van der Waals surface area contributed by atoms with Crippen molar-refractivity contribution in [2.24, 2.45) is 11.7 Å². The van der Waals surface area contributed by atoms with Crippen LogP contribution in [0.1, 0.15) is 45.6 Å². The van der Waals surface area contributed by atoms with E-state index in [0.717, 1.165) is 0 Å². The maximum Gasteiger partial charge on any atom is 0.405 e. The molecule has 10 heteroatoms. The smallest absolute Gasteiger partial charge is 0.405 e. The van der Waals surface area contributed by atoms with Gasteiger partial charge in [-0.25, -0.2) is 4.79 Å². The van der Waals surface area contributed by atoms with E-state index in [0.29, 0.717) is 54.6 Å². The van der Waals surface area contributed by atoms with Crippen LogP contribution in [0.3, 0.4) is 0 Å². The van der Waals surface area contributed by atoms with Gasteiger partial charge in [-0.2, -0.15) is 0 Å². The number of aromatic hydroxyl groups is 2. The minimum Gasteiger partial charge on any atom is -0.506 e. The molecule has 4 atom stereocenters. The highest BCUT2D eigenvalue weighted by Crippen LogP contribution is 2.42. The van der Waals surface area contributed by atoms with Crippen LogP contribution in [-0.4, -0.2) is 59.3 Å². The van der Waals surface area contributed by atoms with Gasteiger partial charge in [0, 0.05) is 30.9 Å². The highest BCUT2D eigenvalue weighted by Gasteiger charge is 2.25. The molecule has 0 fully saturated rings. The zero-order valence-electron chi connectivity index (χ0n) is 23.1. The minimum atomic E-state index is -0.964. The Balaban J connectivity index is 2.53. The van der Waals surface area contributed by atoms with E-state index in [1.165, 1.54) is 13.2 Å². The van der Waals surface area contributed by atoms with E-state index in [1.807, 2.05) is 6.92 Å². The second kappa shape index (κ2) is 15.0. The molecule has 1 heterocycles. The Kier molecular flexibility index (Phi) is 12.1. The molecule has 2 bridgehead atoms. The number of aliphatic hydroxyl groups excluding tert-OH is 1. The number of nitrogens with two attached hydrogens (primary N) is 1. The normalized spacial score (nSPS) is 26.7. The molecule has 0 radical (unpaired) electrons. The zero-order valence-corrected chi connectivity index (χ0v) is 23.1. The van der Waals surface area contributed by atoms with Gasteiger partial charge in [0.2, 0.25) is 0 Å². The lowest BCUT2D eigenvalue weighted by molar-refractivity contribution is -0.112. The fraction of sp³-hybridized carbons (Fsp3) is 0.448. The van der Waals surface area contributed by atoms with Crippen molar-refractivity contribution in [1.29, 1.82) is 0 Å². The first-order chi connectivity index (χ1) is 18.5. The van der Waals surface area contributed by atoms with Gasteiger partial charge in [0.1, 0.15) is 17.6 Å². The average Bonchev–Trinajstić information content (AvgIpc) is 2.89. The third-order valence-corrected chi connectivity index (χ3v) is 6.58. The summed E-state index contributed by atoms with van der Waals surface area (Å²) in [6.45, 7) is 9.38. The quantitative estimate of drug-likeness (QED) is 0.182. The van der Waals surface area contributed by atoms with Gasteiger partial charge in [0.25, 0.3) is 5.91 Å². The number of fused-ring (bicyclic) bond motifs is 2. The summed E-state index contributed by atoms with van der Waals surface area (Å²) < 4.78 is 10.8. The molecule has 1 aromatic rings. The van der Waals surface area contributed by atoms with Crippen molar-refractivity contribution in [2.75, 3.05) is 24.3 Å². The summed E-state index contributed by atoms with van der Waals surface area (Å²) in [5.41, 5.74) is 7.15. The van der Waals surface area contributed by atoms with Crippen molar-refractivity contribution < 1.29 is 34.4 Å². The van der Waals surface area contributed by atoms with Crippen LogP contribution in [0.15, 0.2) is 54.2 Å². The number of aliphatic hydroxyl groups is 1. The Morgan fingerprint density at radius 2 is 2.03 bits per heavy atom. The largest absolute Gasteiger partial charge is 0.506 e. The van der Waals surface area contributed by atoms with Gasteiger partial charge >= 0.3 is 6.09 Å². The number of nitrogens with one attached hydrogen (secondary N) is 2. The highest BCUT2D eigenvalue weighted by atomic mass is 16.6. The first-order valence-electron chi connectivity index (χ1n) is 12.9. The fourth-order valence-electron chi connectivity index (χ4n) is 4.31. The number of anilines is 2. The van der Waals surface area contributed by atoms with Crippen LogP contribution < -0.4 is 16.4 Å². The summed E-state index contributed by atoms with van der Waals surface area (Å²) in [6.07, 6.45) is 6.80. The van der Waals surface area contributed by atoms with E-state index in [-0.39, 0.29) is 23.1 Å². The van der Waals surface area contributed by atoms with E-state index in [4.69, 9.17) is 15.2 Å².